The van der Waals surface area contributed by atoms with Crippen molar-refractivity contribution in [2.24, 2.45) is 10.9 Å². The van der Waals surface area contributed by atoms with Gasteiger partial charge in [-0.25, -0.2) is 8.42 Å². The van der Waals surface area contributed by atoms with Crippen LogP contribution in [0.25, 0.3) is 5.57 Å². The van der Waals surface area contributed by atoms with Crippen molar-refractivity contribution < 1.29 is 35.9 Å². The number of piperidine rings is 1. The fraction of sp³-hybridized carbons (Fsp3) is 0.296. The van der Waals surface area contributed by atoms with E-state index in [2.05, 4.69) is 10.3 Å². The lowest BCUT2D eigenvalue weighted by atomic mass is 9.91. The summed E-state index contributed by atoms with van der Waals surface area (Å²) in [5.74, 6) is -1.59. The third-order valence-electron chi connectivity index (χ3n) is 6.93. The molecule has 3 heterocycles. The maximum absolute atomic E-state index is 13.0. The van der Waals surface area contributed by atoms with Crippen LogP contribution in [0.5, 0.6) is 11.5 Å². The summed E-state index contributed by atoms with van der Waals surface area (Å²) in [4.78, 5) is 30.9. The number of nitrogens with zero attached hydrogens (tertiary/aromatic N) is 2. The van der Waals surface area contributed by atoms with Crippen LogP contribution >= 0.6 is 0 Å². The zero-order valence-electron chi connectivity index (χ0n) is 20.7. The third kappa shape index (κ3) is 5.47. The Morgan fingerprint density at radius 3 is 2.56 bits per heavy atom. The van der Waals surface area contributed by atoms with Crippen LogP contribution in [0.1, 0.15) is 28.8 Å². The SMILES string of the molecule is CS(=O)(=O)c1ccc(Oc2cccc(C(=O)N3CCC(C(F)(F)F)CC3)c2)c(C2=CNC(=O)C3N=CC=C23)c1. The first kappa shape index (κ1) is 26.7. The number of fused-ring (bicyclic) bond motifs is 1. The first-order chi connectivity index (χ1) is 18.4. The number of carbonyl (C=O) groups is 2. The van der Waals surface area contributed by atoms with Crippen molar-refractivity contribution in [2.75, 3.05) is 19.3 Å². The highest BCUT2D eigenvalue weighted by molar-refractivity contribution is 7.90. The summed E-state index contributed by atoms with van der Waals surface area (Å²) in [6, 6.07) is 9.83. The summed E-state index contributed by atoms with van der Waals surface area (Å²) < 4.78 is 69.7. The number of allylic oxidation sites excluding steroid dienone is 1. The molecule has 0 radical (unpaired) electrons. The highest BCUT2D eigenvalue weighted by Crippen LogP contribution is 2.39. The van der Waals surface area contributed by atoms with Gasteiger partial charge < -0.3 is 15.0 Å². The number of halogens is 3. The van der Waals surface area contributed by atoms with E-state index >= 15 is 0 Å². The molecule has 1 fully saturated rings. The summed E-state index contributed by atoms with van der Waals surface area (Å²) in [6.45, 7) is 0.00679. The fourth-order valence-electron chi connectivity index (χ4n) is 4.82. The van der Waals surface area contributed by atoms with E-state index in [1.54, 1.807) is 24.3 Å². The van der Waals surface area contributed by atoms with Gasteiger partial charge >= 0.3 is 6.18 Å². The van der Waals surface area contributed by atoms with Gasteiger partial charge in [0.05, 0.1) is 10.8 Å². The maximum Gasteiger partial charge on any atom is 0.391 e. The Morgan fingerprint density at radius 2 is 1.87 bits per heavy atom. The van der Waals surface area contributed by atoms with Crippen molar-refractivity contribution in [2.45, 2.75) is 30.0 Å². The number of alkyl halides is 3. The number of aliphatic imine (C=N–C) groups is 1. The normalized spacial score (nSPS) is 19.7. The van der Waals surface area contributed by atoms with Gasteiger partial charge in [-0.2, -0.15) is 13.2 Å². The number of ether oxygens (including phenoxy) is 1. The molecular formula is C27H24F3N3O5S. The van der Waals surface area contributed by atoms with E-state index in [-0.39, 0.29) is 53.8 Å². The highest BCUT2D eigenvalue weighted by atomic mass is 32.2. The topological polar surface area (TPSA) is 105 Å². The first-order valence-electron chi connectivity index (χ1n) is 12.1. The number of sulfone groups is 1. The smallest absolute Gasteiger partial charge is 0.391 e. The van der Waals surface area contributed by atoms with Gasteiger partial charge in [-0.1, -0.05) is 6.07 Å². The van der Waals surface area contributed by atoms with E-state index < -0.39 is 33.9 Å². The molecule has 2 aromatic rings. The van der Waals surface area contributed by atoms with Crippen LogP contribution in [-0.2, 0) is 14.6 Å². The molecule has 204 valence electrons. The average molecular weight is 560 g/mol. The minimum Gasteiger partial charge on any atom is -0.457 e. The number of hydrogen-bond acceptors (Lipinski definition) is 6. The summed E-state index contributed by atoms with van der Waals surface area (Å²) in [5.41, 5.74) is 1.76. The van der Waals surface area contributed by atoms with Gasteiger partial charge in [0.25, 0.3) is 11.8 Å². The molecule has 0 aliphatic carbocycles. The molecule has 3 aliphatic heterocycles. The van der Waals surface area contributed by atoms with Gasteiger partial charge in [0.15, 0.2) is 15.9 Å². The standard InChI is InChI=1S/C27H24F3N3O5S/c1-39(36,37)19-5-6-23(21(14-19)22-15-32-25(34)24-20(22)7-10-31-24)38-18-4-2-3-16(13-18)26(35)33-11-8-17(9-12-33)27(28,29)30/h2-7,10,13-15,17,24H,8-9,11-12H2,1H3,(H,32,34). The number of hydrogen-bond donors (Lipinski definition) is 1. The summed E-state index contributed by atoms with van der Waals surface area (Å²) in [6.07, 6.45) is 1.17. The van der Waals surface area contributed by atoms with E-state index in [1.165, 1.54) is 41.6 Å². The molecule has 39 heavy (non-hydrogen) atoms. The second-order valence-electron chi connectivity index (χ2n) is 9.56. The zero-order chi connectivity index (χ0) is 27.9. The van der Waals surface area contributed by atoms with E-state index in [1.807, 2.05) is 0 Å². The van der Waals surface area contributed by atoms with Crippen LogP contribution in [0.2, 0.25) is 0 Å². The Hall–Kier alpha value is -3.93. The fourth-order valence-corrected chi connectivity index (χ4v) is 5.46. The zero-order valence-corrected chi connectivity index (χ0v) is 21.6. The minimum absolute atomic E-state index is 0.00339. The van der Waals surface area contributed by atoms with E-state index in [0.29, 0.717) is 16.7 Å². The van der Waals surface area contributed by atoms with Crippen LogP contribution < -0.4 is 10.1 Å². The van der Waals surface area contributed by atoms with Gasteiger partial charge in [0, 0.05) is 48.5 Å². The lowest BCUT2D eigenvalue weighted by molar-refractivity contribution is -0.183. The Morgan fingerprint density at radius 1 is 1.13 bits per heavy atom. The highest BCUT2D eigenvalue weighted by Gasteiger charge is 2.41. The molecule has 0 aromatic heterocycles. The van der Waals surface area contributed by atoms with Crippen molar-refractivity contribution in [1.29, 1.82) is 0 Å². The van der Waals surface area contributed by atoms with E-state index in [0.717, 1.165) is 6.26 Å². The van der Waals surface area contributed by atoms with Crippen molar-refractivity contribution in [1.82, 2.24) is 10.2 Å². The molecule has 1 saturated heterocycles. The van der Waals surface area contributed by atoms with Crippen molar-refractivity contribution in [3.05, 3.63) is 71.4 Å². The third-order valence-corrected chi connectivity index (χ3v) is 8.04. The molecule has 1 N–H and O–H groups in total. The number of carbonyl (C=O) groups excluding carboxylic acids is 2. The Labute approximate surface area is 222 Å². The van der Waals surface area contributed by atoms with Crippen LogP contribution in [-0.4, -0.2) is 62.9 Å². The Kier molecular flexibility index (Phi) is 6.83. The second kappa shape index (κ2) is 9.99. The minimum atomic E-state index is -4.27. The number of likely N-dealkylation sites (tertiary alicyclic amines) is 1. The molecule has 1 unspecified atom stereocenters. The monoisotopic (exact) mass is 559 g/mol. The number of nitrogens with one attached hydrogen (secondary N) is 1. The van der Waals surface area contributed by atoms with Gasteiger partial charge in [0.1, 0.15) is 11.5 Å². The van der Waals surface area contributed by atoms with Crippen LogP contribution in [0.3, 0.4) is 0 Å². The van der Waals surface area contributed by atoms with Gasteiger partial charge in [-0.15, -0.1) is 0 Å². The predicted molar refractivity (Wildman–Crippen MR) is 137 cm³/mol. The van der Waals surface area contributed by atoms with Crippen LogP contribution in [0.15, 0.2) is 70.2 Å². The molecule has 3 aliphatic rings. The molecule has 12 heteroatoms. The lowest BCUT2D eigenvalue weighted by Gasteiger charge is -2.33. The predicted octanol–water partition coefficient (Wildman–Crippen LogP) is 4.15. The lowest BCUT2D eigenvalue weighted by Crippen LogP contribution is -2.42. The number of amides is 2. The second-order valence-corrected chi connectivity index (χ2v) is 11.6. The van der Waals surface area contributed by atoms with Crippen molar-refractivity contribution >= 4 is 33.4 Å². The summed E-state index contributed by atoms with van der Waals surface area (Å²) in [5, 5.41) is 2.64. The van der Waals surface area contributed by atoms with Gasteiger partial charge in [-0.3, -0.25) is 14.6 Å². The molecule has 0 spiro atoms. The molecule has 0 bridgehead atoms. The molecule has 5 rings (SSSR count). The van der Waals surface area contributed by atoms with Gasteiger partial charge in [0.2, 0.25) is 0 Å². The Bertz CT molecular complexity index is 1540. The van der Waals surface area contributed by atoms with Crippen molar-refractivity contribution in [3.8, 4) is 11.5 Å². The van der Waals surface area contributed by atoms with Crippen molar-refractivity contribution in [3.63, 3.8) is 0 Å². The van der Waals surface area contributed by atoms with Gasteiger partial charge in [-0.05, 0) is 60.9 Å². The summed E-state index contributed by atoms with van der Waals surface area (Å²) in [7, 11) is -3.57. The number of benzene rings is 2. The maximum atomic E-state index is 13.0. The van der Waals surface area contributed by atoms with E-state index in [9.17, 15) is 31.2 Å². The number of rotatable bonds is 5. The largest absolute Gasteiger partial charge is 0.457 e. The molecule has 2 amide bonds. The Balaban J connectivity index is 1.43. The van der Waals surface area contributed by atoms with Crippen LogP contribution in [0, 0.1) is 5.92 Å². The quantitative estimate of drug-likeness (QED) is 0.593. The van der Waals surface area contributed by atoms with E-state index in [4.69, 9.17) is 4.74 Å². The van der Waals surface area contributed by atoms with Crippen LogP contribution in [0.4, 0.5) is 13.2 Å². The molecule has 8 nitrogen and oxygen atoms in total. The molecule has 0 saturated carbocycles. The molecular weight excluding hydrogens is 535 g/mol. The molecule has 2 aromatic carbocycles. The molecule has 1 atom stereocenters. The first-order valence-corrected chi connectivity index (χ1v) is 14.0. The summed E-state index contributed by atoms with van der Waals surface area (Å²) >= 11 is 0. The average Bonchev–Trinajstić information content (AvgIpc) is 3.39.